The summed E-state index contributed by atoms with van der Waals surface area (Å²) in [5, 5.41) is 12.2. The van der Waals surface area contributed by atoms with Crippen molar-refractivity contribution >= 4 is 5.97 Å². The second kappa shape index (κ2) is 7.63. The molecule has 0 rings (SSSR count). The number of nitrogens with one attached hydrogen (secondary N) is 1. The monoisotopic (exact) mass is 231 g/mol. The zero-order valence-corrected chi connectivity index (χ0v) is 10.9. The molecule has 0 aliphatic rings. The highest BCUT2D eigenvalue weighted by atomic mass is 16.5. The SMILES string of the molecule is CCCCCOCC(C)(NC(C)C)C(=O)O. The van der Waals surface area contributed by atoms with Gasteiger partial charge in [-0.25, -0.2) is 0 Å². The molecule has 0 heterocycles. The van der Waals surface area contributed by atoms with E-state index >= 15 is 0 Å². The molecule has 0 bridgehead atoms. The molecular weight excluding hydrogens is 206 g/mol. The van der Waals surface area contributed by atoms with Gasteiger partial charge in [-0.15, -0.1) is 0 Å². The average Bonchev–Trinajstić information content (AvgIpc) is 2.16. The fraction of sp³-hybridized carbons (Fsp3) is 0.917. The summed E-state index contributed by atoms with van der Waals surface area (Å²) < 4.78 is 5.42. The molecule has 16 heavy (non-hydrogen) atoms. The first-order valence-electron chi connectivity index (χ1n) is 6.01. The lowest BCUT2D eigenvalue weighted by molar-refractivity contribution is -0.147. The highest BCUT2D eigenvalue weighted by molar-refractivity contribution is 5.78. The van der Waals surface area contributed by atoms with Crippen LogP contribution in [0.1, 0.15) is 47.0 Å². The molecule has 0 aromatic carbocycles. The molecule has 0 radical (unpaired) electrons. The summed E-state index contributed by atoms with van der Waals surface area (Å²) in [5.74, 6) is -0.864. The second-order valence-electron chi connectivity index (χ2n) is 4.70. The first kappa shape index (κ1) is 15.4. The van der Waals surface area contributed by atoms with E-state index in [-0.39, 0.29) is 12.6 Å². The zero-order chi connectivity index (χ0) is 12.6. The van der Waals surface area contributed by atoms with E-state index in [9.17, 15) is 4.79 Å². The van der Waals surface area contributed by atoms with Gasteiger partial charge in [-0.3, -0.25) is 10.1 Å². The Labute approximate surface area is 98.4 Å². The van der Waals surface area contributed by atoms with Gasteiger partial charge in [0.05, 0.1) is 6.61 Å². The third-order valence-corrected chi connectivity index (χ3v) is 2.36. The van der Waals surface area contributed by atoms with Crippen LogP contribution in [-0.4, -0.2) is 35.9 Å². The fourth-order valence-corrected chi connectivity index (χ4v) is 1.53. The molecule has 4 heteroatoms. The Kier molecular flexibility index (Phi) is 7.34. The first-order valence-corrected chi connectivity index (χ1v) is 6.01. The lowest BCUT2D eigenvalue weighted by Crippen LogP contribution is -2.55. The quantitative estimate of drug-likeness (QED) is 0.596. The lowest BCUT2D eigenvalue weighted by Gasteiger charge is -2.28. The van der Waals surface area contributed by atoms with Gasteiger partial charge in [0.2, 0.25) is 0 Å². The molecule has 0 amide bonds. The van der Waals surface area contributed by atoms with Crippen LogP contribution in [0.3, 0.4) is 0 Å². The summed E-state index contributed by atoms with van der Waals surface area (Å²) >= 11 is 0. The molecule has 0 aromatic heterocycles. The topological polar surface area (TPSA) is 58.6 Å². The molecule has 0 aliphatic heterocycles. The Balaban J connectivity index is 3.98. The number of unbranched alkanes of at least 4 members (excludes halogenated alkanes) is 2. The Morgan fingerprint density at radius 2 is 2.06 bits per heavy atom. The summed E-state index contributed by atoms with van der Waals surface area (Å²) in [5.41, 5.74) is -0.986. The van der Waals surface area contributed by atoms with E-state index in [1.807, 2.05) is 13.8 Å². The van der Waals surface area contributed by atoms with E-state index in [1.165, 1.54) is 0 Å². The van der Waals surface area contributed by atoms with Crippen LogP contribution >= 0.6 is 0 Å². The molecule has 0 aliphatic carbocycles. The van der Waals surface area contributed by atoms with Crippen molar-refractivity contribution in [2.75, 3.05) is 13.2 Å². The molecule has 1 unspecified atom stereocenters. The minimum atomic E-state index is -0.986. The number of rotatable bonds is 9. The minimum absolute atomic E-state index is 0.125. The maximum absolute atomic E-state index is 11.1. The molecule has 0 saturated heterocycles. The number of carboxylic acid groups (broad SMARTS) is 1. The van der Waals surface area contributed by atoms with Gasteiger partial charge < -0.3 is 9.84 Å². The van der Waals surface area contributed by atoms with Crippen LogP contribution in [0.5, 0.6) is 0 Å². The fourth-order valence-electron chi connectivity index (χ4n) is 1.53. The summed E-state index contributed by atoms with van der Waals surface area (Å²) in [7, 11) is 0. The highest BCUT2D eigenvalue weighted by Crippen LogP contribution is 2.07. The summed E-state index contributed by atoms with van der Waals surface area (Å²) in [6.45, 7) is 8.49. The van der Waals surface area contributed by atoms with Gasteiger partial charge >= 0.3 is 5.97 Å². The van der Waals surface area contributed by atoms with E-state index in [0.29, 0.717) is 6.61 Å². The number of ether oxygens (including phenoxy) is 1. The average molecular weight is 231 g/mol. The van der Waals surface area contributed by atoms with Crippen LogP contribution in [0.25, 0.3) is 0 Å². The zero-order valence-electron chi connectivity index (χ0n) is 10.9. The van der Waals surface area contributed by atoms with Gasteiger partial charge in [0.25, 0.3) is 0 Å². The number of aliphatic carboxylic acids is 1. The number of hydrogen-bond donors (Lipinski definition) is 2. The van der Waals surface area contributed by atoms with Crippen molar-refractivity contribution in [3.8, 4) is 0 Å². The summed E-state index contributed by atoms with van der Waals surface area (Å²) in [6, 6.07) is 0.125. The smallest absolute Gasteiger partial charge is 0.326 e. The number of carboxylic acids is 1. The van der Waals surface area contributed by atoms with Gasteiger partial charge in [-0.05, 0) is 27.2 Å². The molecule has 4 nitrogen and oxygen atoms in total. The highest BCUT2D eigenvalue weighted by Gasteiger charge is 2.33. The lowest BCUT2D eigenvalue weighted by atomic mass is 10.0. The van der Waals surface area contributed by atoms with Gasteiger partial charge in [0.15, 0.2) is 0 Å². The van der Waals surface area contributed by atoms with Crippen LogP contribution in [0, 0.1) is 0 Å². The molecule has 2 N–H and O–H groups in total. The maximum atomic E-state index is 11.1. The van der Waals surface area contributed by atoms with Crippen molar-refractivity contribution in [3.63, 3.8) is 0 Å². The summed E-state index contributed by atoms with van der Waals surface area (Å²) in [4.78, 5) is 11.1. The Hall–Kier alpha value is -0.610. The number of hydrogen-bond acceptors (Lipinski definition) is 3. The Morgan fingerprint density at radius 3 is 2.50 bits per heavy atom. The molecular formula is C12H25NO3. The molecule has 1 atom stereocenters. The van der Waals surface area contributed by atoms with E-state index in [0.717, 1.165) is 19.3 Å². The van der Waals surface area contributed by atoms with Crippen molar-refractivity contribution in [2.45, 2.75) is 58.5 Å². The van der Waals surface area contributed by atoms with Gasteiger partial charge in [-0.2, -0.15) is 0 Å². The Bertz CT molecular complexity index is 206. The molecule has 0 saturated carbocycles. The number of carbonyl (C=O) groups is 1. The van der Waals surface area contributed by atoms with E-state index in [2.05, 4.69) is 12.2 Å². The Morgan fingerprint density at radius 1 is 1.44 bits per heavy atom. The molecule has 96 valence electrons. The summed E-state index contributed by atoms with van der Waals surface area (Å²) in [6.07, 6.45) is 3.26. The first-order chi connectivity index (χ1) is 7.42. The largest absolute Gasteiger partial charge is 0.480 e. The van der Waals surface area contributed by atoms with Crippen LogP contribution < -0.4 is 5.32 Å². The predicted octanol–water partition coefficient (Wildman–Crippen LogP) is 2.03. The van der Waals surface area contributed by atoms with Crippen LogP contribution in [0.15, 0.2) is 0 Å². The minimum Gasteiger partial charge on any atom is -0.480 e. The normalized spacial score (nSPS) is 15.1. The van der Waals surface area contributed by atoms with Crippen LogP contribution in [-0.2, 0) is 9.53 Å². The van der Waals surface area contributed by atoms with Crippen molar-refractivity contribution < 1.29 is 14.6 Å². The van der Waals surface area contributed by atoms with Gasteiger partial charge in [0, 0.05) is 12.6 Å². The van der Waals surface area contributed by atoms with Crippen LogP contribution in [0.4, 0.5) is 0 Å². The van der Waals surface area contributed by atoms with Crippen molar-refractivity contribution in [3.05, 3.63) is 0 Å². The van der Waals surface area contributed by atoms with Crippen molar-refractivity contribution in [2.24, 2.45) is 0 Å². The standard InChI is InChI=1S/C12H25NO3/c1-5-6-7-8-16-9-12(4,11(14)15)13-10(2)3/h10,13H,5-9H2,1-4H3,(H,14,15). The third-order valence-electron chi connectivity index (χ3n) is 2.36. The van der Waals surface area contributed by atoms with E-state index < -0.39 is 11.5 Å². The molecule has 0 fully saturated rings. The molecule has 0 aromatic rings. The van der Waals surface area contributed by atoms with Crippen LogP contribution in [0.2, 0.25) is 0 Å². The second-order valence-corrected chi connectivity index (χ2v) is 4.70. The molecule has 0 spiro atoms. The van der Waals surface area contributed by atoms with Gasteiger partial charge in [0.1, 0.15) is 5.54 Å². The third kappa shape index (κ3) is 6.08. The maximum Gasteiger partial charge on any atom is 0.326 e. The van der Waals surface area contributed by atoms with E-state index in [4.69, 9.17) is 9.84 Å². The van der Waals surface area contributed by atoms with E-state index in [1.54, 1.807) is 6.92 Å². The van der Waals surface area contributed by atoms with Crippen molar-refractivity contribution in [1.82, 2.24) is 5.32 Å². The van der Waals surface area contributed by atoms with Gasteiger partial charge in [-0.1, -0.05) is 19.8 Å². The van der Waals surface area contributed by atoms with Crippen molar-refractivity contribution in [1.29, 1.82) is 0 Å². The predicted molar refractivity (Wildman–Crippen MR) is 64.7 cm³/mol.